The maximum Gasteiger partial charge on any atom is 0.329 e. The molecule has 73 heavy (non-hydrogen) atoms. The van der Waals surface area contributed by atoms with E-state index in [1.54, 1.807) is 40.4 Å². The highest BCUT2D eigenvalue weighted by molar-refractivity contribution is 6.31. The number of imidazole rings is 1. The quantitative estimate of drug-likeness (QED) is 0.116. The van der Waals surface area contributed by atoms with Crippen molar-refractivity contribution in [3.63, 3.8) is 0 Å². The number of halogens is 3. The van der Waals surface area contributed by atoms with Gasteiger partial charge in [-0.3, -0.25) is 43.8 Å². The zero-order valence-electron chi connectivity index (χ0n) is 42.3. The number of carbonyl (C=O) groups is 4. The second-order valence-electron chi connectivity index (χ2n) is 23.2. The number of para-hydroxylation sites is 1. The van der Waals surface area contributed by atoms with Crippen molar-refractivity contribution in [1.82, 2.24) is 34.9 Å². The van der Waals surface area contributed by atoms with Crippen LogP contribution in [0.25, 0.3) is 11.0 Å². The lowest BCUT2D eigenvalue weighted by molar-refractivity contribution is -0.136. The molecular weight excluding hydrogens is 971 g/mol. The molecular formula is C56H69Cl2FN8O6. The van der Waals surface area contributed by atoms with Gasteiger partial charge in [-0.05, 0) is 136 Å². The molecule has 0 bridgehead atoms. The third kappa shape index (κ3) is 9.15. The first-order valence-corrected chi connectivity index (χ1v) is 27.6. The van der Waals surface area contributed by atoms with E-state index in [9.17, 15) is 24.0 Å². The Hall–Kier alpha value is -4.64. The average molecular weight is 1040 g/mol. The maximum absolute atomic E-state index is 16.5. The minimum atomic E-state index is -1.29. The summed E-state index contributed by atoms with van der Waals surface area (Å²) in [5, 5.41) is 13.2. The molecule has 4 atom stereocenters. The molecule has 4 saturated heterocycles. The van der Waals surface area contributed by atoms with Crippen LogP contribution < -0.4 is 27.0 Å². The predicted octanol–water partition coefficient (Wildman–Crippen LogP) is 7.87. The van der Waals surface area contributed by atoms with Crippen LogP contribution in [-0.4, -0.2) is 105 Å². The number of ether oxygens (including phenoxy) is 1. The minimum Gasteiger partial charge on any atom is -0.375 e. The fourth-order valence-electron chi connectivity index (χ4n) is 14.4. The summed E-state index contributed by atoms with van der Waals surface area (Å²) in [5.74, 6) is -2.12. The van der Waals surface area contributed by atoms with Gasteiger partial charge in [0.25, 0.3) is 0 Å². The molecule has 5 aliphatic heterocycles. The zero-order valence-corrected chi connectivity index (χ0v) is 43.8. The van der Waals surface area contributed by atoms with E-state index in [1.165, 1.54) is 6.07 Å². The molecule has 1 aromatic heterocycles. The molecule has 0 radical (unpaired) electrons. The highest BCUT2D eigenvalue weighted by Gasteiger charge is 2.73. The number of amides is 4. The first-order chi connectivity index (χ1) is 35.0. The predicted molar refractivity (Wildman–Crippen MR) is 279 cm³/mol. The highest BCUT2D eigenvalue weighted by atomic mass is 35.5. The summed E-state index contributed by atoms with van der Waals surface area (Å²) in [5.41, 5.74) is 1.88. The monoisotopic (exact) mass is 1040 g/mol. The van der Waals surface area contributed by atoms with E-state index in [0.29, 0.717) is 48.0 Å². The van der Waals surface area contributed by atoms with E-state index in [4.69, 9.17) is 27.9 Å². The highest BCUT2D eigenvalue weighted by Crippen LogP contribution is 2.64. The molecule has 14 nitrogen and oxygen atoms in total. The van der Waals surface area contributed by atoms with E-state index in [1.807, 2.05) is 18.2 Å². The van der Waals surface area contributed by atoms with Crippen molar-refractivity contribution in [3.05, 3.63) is 97.6 Å². The first-order valence-electron chi connectivity index (χ1n) is 26.8. The number of likely N-dealkylation sites (tertiary alicyclic amines) is 2. The number of anilines is 1. The number of carbonyl (C=O) groups excluding carboxylic acids is 4. The van der Waals surface area contributed by atoms with Gasteiger partial charge in [-0.2, -0.15) is 0 Å². The summed E-state index contributed by atoms with van der Waals surface area (Å²) >= 11 is 13.0. The SMILES string of the molecule is Cn1c(=O)n(C2CCC(=O)NC2=O)c2cccc(CN3CCC(OC4CCN(C[C@H]5CC[C@H](NC(=O)[C@@H]6NC7(CCC(C)(C)CC7)[C@@]7(C(=O)Nc8cc(Cl)ccc87)[C@H]6c6cccc(Cl)c6F)CC5)CC4)CC3)c21. The van der Waals surface area contributed by atoms with Crippen molar-refractivity contribution in [1.29, 1.82) is 0 Å². The fourth-order valence-corrected chi connectivity index (χ4v) is 14.7. The van der Waals surface area contributed by atoms with Gasteiger partial charge in [0, 0.05) is 80.9 Å². The van der Waals surface area contributed by atoms with Gasteiger partial charge in [-0.25, -0.2) is 9.18 Å². The Morgan fingerprint density at radius 3 is 2.21 bits per heavy atom. The molecule has 6 heterocycles. The van der Waals surface area contributed by atoms with Gasteiger partial charge in [0.15, 0.2) is 0 Å². The largest absolute Gasteiger partial charge is 0.375 e. The molecule has 7 aliphatic rings. The standard InChI is InChI=1S/C56H69Cl2FN8O6/c1-54(2)22-24-55(25-23-54)56(40-15-12-35(57)30-42(40)61-52(56)71)46(39-7-5-8-41(58)47(39)59)48(63-55)51(70)60-36-13-10-33(11-14-36)31-65-26-18-37(19-27-65)73-38-20-28-66(29-21-38)32-34-6-4-9-43-49(34)64(3)53(72)67(43)44-16-17-45(68)62-50(44)69/h4-9,12,15,30,33,36-38,44,46,48,63H,10-11,13-14,16-29,31-32H2,1-3H3,(H,60,70)(H,61,71)(H,62,68,69)/t33-,36-,44?,46-,48+,56+/m0/s1. The Labute approximate surface area is 436 Å². The molecule has 11 rings (SSSR count). The lowest BCUT2D eigenvalue weighted by Gasteiger charge is -2.50. The summed E-state index contributed by atoms with van der Waals surface area (Å²) in [6.07, 6.45) is 11.5. The lowest BCUT2D eigenvalue weighted by Crippen LogP contribution is -2.61. The van der Waals surface area contributed by atoms with Crippen molar-refractivity contribution < 1.29 is 28.3 Å². The van der Waals surface area contributed by atoms with Crippen LogP contribution in [0.1, 0.15) is 132 Å². The second-order valence-corrected chi connectivity index (χ2v) is 24.1. The molecule has 2 saturated carbocycles. The third-order valence-electron chi connectivity index (χ3n) is 18.3. The van der Waals surface area contributed by atoms with Crippen LogP contribution in [0.3, 0.4) is 0 Å². The van der Waals surface area contributed by atoms with Gasteiger partial charge >= 0.3 is 5.69 Å². The van der Waals surface area contributed by atoms with Crippen LogP contribution >= 0.6 is 23.2 Å². The summed E-state index contributed by atoms with van der Waals surface area (Å²) < 4.78 is 26.4. The number of nitrogens with one attached hydrogen (secondary N) is 4. The van der Waals surface area contributed by atoms with E-state index in [-0.39, 0.29) is 64.1 Å². The van der Waals surface area contributed by atoms with Crippen molar-refractivity contribution in [2.75, 3.05) is 38.0 Å². The molecule has 2 spiro atoms. The van der Waals surface area contributed by atoms with Gasteiger partial charge in [-0.15, -0.1) is 0 Å². The van der Waals surface area contributed by atoms with Crippen LogP contribution in [0.15, 0.2) is 59.4 Å². The van der Waals surface area contributed by atoms with Gasteiger partial charge in [0.05, 0.1) is 34.3 Å². The number of imide groups is 1. The topological polar surface area (TPSA) is 159 Å². The van der Waals surface area contributed by atoms with Crippen molar-refractivity contribution in [2.24, 2.45) is 18.4 Å². The van der Waals surface area contributed by atoms with Crippen LogP contribution in [0, 0.1) is 17.2 Å². The smallest absolute Gasteiger partial charge is 0.329 e. The first kappa shape index (κ1) is 50.5. The third-order valence-corrected chi connectivity index (χ3v) is 18.8. The number of aryl methyl sites for hydroxylation is 1. The number of hydrogen-bond donors (Lipinski definition) is 4. The maximum atomic E-state index is 16.5. The number of nitrogens with zero attached hydrogens (tertiary/aromatic N) is 4. The number of fused-ring (bicyclic) bond motifs is 4. The van der Waals surface area contributed by atoms with Gasteiger partial charge in [0.1, 0.15) is 17.3 Å². The van der Waals surface area contributed by atoms with Gasteiger partial charge in [-0.1, -0.05) is 67.4 Å². The van der Waals surface area contributed by atoms with Crippen LogP contribution in [0.5, 0.6) is 0 Å². The van der Waals surface area contributed by atoms with Crippen molar-refractivity contribution >= 4 is 63.6 Å². The summed E-state index contributed by atoms with van der Waals surface area (Å²) in [7, 11) is 1.75. The molecule has 6 fully saturated rings. The van der Waals surface area contributed by atoms with Gasteiger partial charge < -0.3 is 20.3 Å². The molecule has 2 aliphatic carbocycles. The van der Waals surface area contributed by atoms with Crippen LogP contribution in [-0.2, 0) is 42.9 Å². The number of aromatic nitrogens is 2. The molecule has 3 aromatic carbocycles. The Balaban J connectivity index is 0.678. The molecule has 1 unspecified atom stereocenters. The Bertz CT molecular complexity index is 2870. The van der Waals surface area contributed by atoms with Crippen LogP contribution in [0.2, 0.25) is 10.0 Å². The Kier molecular flexibility index (Phi) is 13.7. The Morgan fingerprint density at radius 2 is 1.51 bits per heavy atom. The zero-order chi connectivity index (χ0) is 51.0. The normalized spacial score (nSPS) is 29.0. The lowest BCUT2D eigenvalue weighted by atomic mass is 9.53. The number of rotatable bonds is 10. The van der Waals surface area contributed by atoms with E-state index in [2.05, 4.69) is 51.0 Å². The number of piperidine rings is 3. The molecule has 390 valence electrons. The van der Waals surface area contributed by atoms with Crippen molar-refractivity contribution in [2.45, 2.75) is 157 Å². The molecule has 4 amide bonds. The van der Waals surface area contributed by atoms with Crippen LogP contribution in [0.4, 0.5) is 10.1 Å². The second kappa shape index (κ2) is 19.8. The molecule has 4 aromatic rings. The molecule has 17 heteroatoms. The number of benzene rings is 3. The van der Waals surface area contributed by atoms with E-state index in [0.717, 1.165) is 114 Å². The van der Waals surface area contributed by atoms with E-state index < -0.39 is 40.7 Å². The molecule has 4 N–H and O–H groups in total. The Morgan fingerprint density at radius 1 is 0.822 bits per heavy atom. The summed E-state index contributed by atoms with van der Waals surface area (Å²) in [4.78, 5) is 72.8. The summed E-state index contributed by atoms with van der Waals surface area (Å²) in [6.45, 7) is 10.00. The van der Waals surface area contributed by atoms with Gasteiger partial charge in [0.2, 0.25) is 23.6 Å². The fraction of sp³-hybridized carbons (Fsp3) is 0.589. The van der Waals surface area contributed by atoms with Crippen molar-refractivity contribution in [3.8, 4) is 0 Å². The summed E-state index contributed by atoms with van der Waals surface area (Å²) in [6, 6.07) is 14.6. The van der Waals surface area contributed by atoms with E-state index >= 15 is 4.39 Å². The number of hydrogen-bond acceptors (Lipinski definition) is 9. The average Bonchev–Trinajstić information content (AvgIpc) is 3.94. The minimum absolute atomic E-state index is 0.0309.